The van der Waals surface area contributed by atoms with Crippen molar-refractivity contribution < 1.29 is 22.1 Å². The van der Waals surface area contributed by atoms with Crippen LogP contribution in [0.1, 0.15) is 20.9 Å². The van der Waals surface area contributed by atoms with Crippen LogP contribution in [0.15, 0.2) is 23.1 Å². The SMILES string of the molecule is CS(=O)(=O)c1ccc(OS)c(C(=O)N2CCN(c3nc4c(s3)COCC4)CC2)c1. The van der Waals surface area contributed by atoms with Gasteiger partial charge in [0.2, 0.25) is 0 Å². The molecule has 0 radical (unpaired) electrons. The van der Waals surface area contributed by atoms with Gasteiger partial charge in [0.05, 0.1) is 34.2 Å². The highest BCUT2D eigenvalue weighted by Crippen LogP contribution is 2.31. The van der Waals surface area contributed by atoms with Crippen LogP contribution in [0, 0.1) is 0 Å². The first kappa shape index (κ1) is 20.5. The van der Waals surface area contributed by atoms with Gasteiger partial charge in [-0.3, -0.25) is 4.79 Å². The number of benzene rings is 1. The van der Waals surface area contributed by atoms with Crippen LogP contribution in [0.3, 0.4) is 0 Å². The number of ether oxygens (including phenoxy) is 1. The first-order valence-electron chi connectivity index (χ1n) is 9.13. The summed E-state index contributed by atoms with van der Waals surface area (Å²) in [5.41, 5.74) is 1.31. The number of thiol groups is 1. The van der Waals surface area contributed by atoms with Gasteiger partial charge in [-0.05, 0) is 18.2 Å². The third kappa shape index (κ3) is 4.23. The van der Waals surface area contributed by atoms with Gasteiger partial charge in [0.1, 0.15) is 5.75 Å². The zero-order chi connectivity index (χ0) is 20.6. The molecule has 1 aromatic heterocycles. The summed E-state index contributed by atoms with van der Waals surface area (Å²) in [5.74, 6) is -0.0354. The molecule has 0 atom stereocenters. The number of fused-ring (bicyclic) bond motifs is 1. The molecule has 0 saturated carbocycles. The molecule has 2 aromatic rings. The molecule has 0 unspecified atom stereocenters. The molecule has 0 bridgehead atoms. The van der Waals surface area contributed by atoms with E-state index in [9.17, 15) is 13.2 Å². The third-order valence-electron chi connectivity index (χ3n) is 5.03. The smallest absolute Gasteiger partial charge is 0.257 e. The molecule has 11 heteroatoms. The van der Waals surface area contributed by atoms with E-state index in [0.717, 1.165) is 23.5 Å². The molecule has 0 aliphatic carbocycles. The van der Waals surface area contributed by atoms with Crippen molar-refractivity contribution in [2.45, 2.75) is 17.9 Å². The fourth-order valence-electron chi connectivity index (χ4n) is 3.40. The first-order chi connectivity index (χ1) is 13.9. The highest BCUT2D eigenvalue weighted by molar-refractivity contribution is 7.90. The lowest BCUT2D eigenvalue weighted by Gasteiger charge is -2.34. The molecule has 29 heavy (non-hydrogen) atoms. The molecule has 1 saturated heterocycles. The molecular weight excluding hydrogens is 434 g/mol. The summed E-state index contributed by atoms with van der Waals surface area (Å²) in [5, 5.41) is 0.964. The maximum Gasteiger partial charge on any atom is 0.257 e. The number of amides is 1. The summed E-state index contributed by atoms with van der Waals surface area (Å²) in [4.78, 5) is 22.9. The zero-order valence-corrected chi connectivity index (χ0v) is 18.4. The summed E-state index contributed by atoms with van der Waals surface area (Å²) in [6, 6.07) is 4.21. The summed E-state index contributed by atoms with van der Waals surface area (Å²) in [6.07, 6.45) is 1.95. The Morgan fingerprint density at radius 2 is 2.03 bits per heavy atom. The lowest BCUT2D eigenvalue weighted by Crippen LogP contribution is -2.48. The van der Waals surface area contributed by atoms with Crippen LogP contribution in [-0.2, 0) is 27.6 Å². The highest BCUT2D eigenvalue weighted by Gasteiger charge is 2.28. The number of anilines is 1. The Bertz CT molecular complexity index is 1010. The van der Waals surface area contributed by atoms with E-state index in [4.69, 9.17) is 13.9 Å². The minimum atomic E-state index is -3.44. The number of nitrogens with zero attached hydrogens (tertiary/aromatic N) is 3. The second-order valence-corrected chi connectivity index (χ2v) is 10.2. The van der Waals surface area contributed by atoms with E-state index in [2.05, 4.69) is 17.8 Å². The zero-order valence-electron chi connectivity index (χ0n) is 15.8. The Hall–Kier alpha value is -1.82. The number of hydrogen-bond acceptors (Lipinski definition) is 9. The monoisotopic (exact) mass is 455 g/mol. The average molecular weight is 456 g/mol. The molecule has 0 N–H and O–H groups in total. The van der Waals surface area contributed by atoms with Gasteiger partial charge in [-0.25, -0.2) is 13.4 Å². The van der Waals surface area contributed by atoms with E-state index in [1.165, 1.54) is 23.1 Å². The summed E-state index contributed by atoms with van der Waals surface area (Å²) in [7, 11) is -3.44. The van der Waals surface area contributed by atoms with Crippen molar-refractivity contribution in [3.8, 4) is 5.75 Å². The molecule has 1 fully saturated rings. The number of rotatable bonds is 4. The van der Waals surface area contributed by atoms with Crippen molar-refractivity contribution in [3.05, 3.63) is 34.3 Å². The van der Waals surface area contributed by atoms with Crippen LogP contribution >= 0.6 is 24.2 Å². The van der Waals surface area contributed by atoms with Gasteiger partial charge in [-0.15, -0.1) is 0 Å². The maximum absolute atomic E-state index is 13.0. The first-order valence-corrected chi connectivity index (χ1v) is 12.2. The number of carbonyl (C=O) groups is 1. The van der Waals surface area contributed by atoms with Gasteiger partial charge in [0.25, 0.3) is 5.91 Å². The topological polar surface area (TPSA) is 89.0 Å². The number of sulfone groups is 1. The van der Waals surface area contributed by atoms with Crippen LogP contribution in [-0.4, -0.2) is 63.3 Å². The van der Waals surface area contributed by atoms with Crippen LogP contribution in [0.5, 0.6) is 5.75 Å². The van der Waals surface area contributed by atoms with Gasteiger partial charge in [0, 0.05) is 51.8 Å². The van der Waals surface area contributed by atoms with Gasteiger partial charge in [-0.2, -0.15) is 0 Å². The molecule has 3 heterocycles. The van der Waals surface area contributed by atoms with Crippen LogP contribution < -0.4 is 9.08 Å². The summed E-state index contributed by atoms with van der Waals surface area (Å²) < 4.78 is 34.2. The van der Waals surface area contributed by atoms with Gasteiger partial charge in [-0.1, -0.05) is 11.3 Å². The van der Waals surface area contributed by atoms with Gasteiger partial charge >= 0.3 is 0 Å². The van der Waals surface area contributed by atoms with Crippen molar-refractivity contribution in [2.24, 2.45) is 0 Å². The van der Waals surface area contributed by atoms with E-state index in [-0.39, 0.29) is 22.1 Å². The Balaban J connectivity index is 1.48. The Morgan fingerprint density at radius 1 is 1.28 bits per heavy atom. The Morgan fingerprint density at radius 3 is 2.69 bits per heavy atom. The fourth-order valence-corrected chi connectivity index (χ4v) is 5.31. The number of piperazine rings is 1. The third-order valence-corrected chi connectivity index (χ3v) is 7.47. The molecule has 4 rings (SSSR count). The van der Waals surface area contributed by atoms with E-state index in [1.54, 1.807) is 16.2 Å². The molecule has 1 amide bonds. The average Bonchev–Trinajstić information content (AvgIpc) is 3.16. The van der Waals surface area contributed by atoms with Crippen LogP contribution in [0.2, 0.25) is 0 Å². The van der Waals surface area contributed by atoms with Crippen molar-refractivity contribution >= 4 is 45.1 Å². The normalized spacial score (nSPS) is 17.2. The van der Waals surface area contributed by atoms with Crippen molar-refractivity contribution in [3.63, 3.8) is 0 Å². The molecule has 156 valence electrons. The van der Waals surface area contributed by atoms with Gasteiger partial charge < -0.3 is 18.7 Å². The predicted molar refractivity (Wildman–Crippen MR) is 113 cm³/mol. The number of hydrogen-bond donors (Lipinski definition) is 1. The quantitative estimate of drug-likeness (QED) is 0.556. The number of thiazole rings is 1. The molecule has 2 aliphatic heterocycles. The Kier molecular flexibility index (Phi) is 5.74. The molecule has 8 nitrogen and oxygen atoms in total. The number of carbonyl (C=O) groups excluding carboxylic acids is 1. The maximum atomic E-state index is 13.0. The van der Waals surface area contributed by atoms with E-state index >= 15 is 0 Å². The second kappa shape index (κ2) is 8.13. The molecule has 1 aromatic carbocycles. The fraction of sp³-hybridized carbons (Fsp3) is 0.444. The van der Waals surface area contributed by atoms with Crippen LogP contribution in [0.4, 0.5) is 5.13 Å². The highest BCUT2D eigenvalue weighted by atomic mass is 32.2. The standard InChI is InChI=1S/C18H21N3O5S3/c1-29(23,24)12-2-3-15(26-27)13(10-12)17(22)20-5-7-21(8-6-20)18-19-14-4-9-25-11-16(14)28-18/h2-3,10,27H,4-9,11H2,1H3. The van der Waals surface area contributed by atoms with E-state index in [1.807, 2.05) is 0 Å². The Labute approximate surface area is 179 Å². The molecule has 0 spiro atoms. The largest absolute Gasteiger partial charge is 0.428 e. The van der Waals surface area contributed by atoms with E-state index in [0.29, 0.717) is 39.4 Å². The summed E-state index contributed by atoms with van der Waals surface area (Å²) >= 11 is 5.45. The van der Waals surface area contributed by atoms with E-state index < -0.39 is 9.84 Å². The summed E-state index contributed by atoms with van der Waals surface area (Å²) in [6.45, 7) is 3.65. The van der Waals surface area contributed by atoms with Crippen molar-refractivity contribution in [2.75, 3.05) is 43.9 Å². The minimum Gasteiger partial charge on any atom is -0.428 e. The van der Waals surface area contributed by atoms with Crippen LogP contribution in [0.25, 0.3) is 0 Å². The molecule has 2 aliphatic rings. The lowest BCUT2D eigenvalue weighted by atomic mass is 10.1. The minimum absolute atomic E-state index is 0.0733. The van der Waals surface area contributed by atoms with Crippen molar-refractivity contribution in [1.82, 2.24) is 9.88 Å². The lowest BCUT2D eigenvalue weighted by molar-refractivity contribution is 0.0745. The molecular formula is C18H21N3O5S3. The second-order valence-electron chi connectivity index (χ2n) is 6.97. The number of aromatic nitrogens is 1. The predicted octanol–water partition coefficient (Wildman–Crippen LogP) is 1.81. The van der Waals surface area contributed by atoms with Crippen molar-refractivity contribution in [1.29, 1.82) is 0 Å². The van der Waals surface area contributed by atoms with Gasteiger partial charge in [0.15, 0.2) is 15.0 Å².